The quantitative estimate of drug-likeness (QED) is 0.450. The second-order valence-corrected chi connectivity index (χ2v) is 4.79. The normalized spacial score (nSPS) is 13.7. The van der Waals surface area contributed by atoms with Crippen LogP contribution in [0.4, 0.5) is 0 Å². The van der Waals surface area contributed by atoms with Crippen LogP contribution in [0.1, 0.15) is 72.6 Å². The summed E-state index contributed by atoms with van der Waals surface area (Å²) in [6.07, 6.45) is 4.72. The van der Waals surface area contributed by atoms with Crippen LogP contribution in [0.15, 0.2) is 0 Å². The van der Waals surface area contributed by atoms with Gasteiger partial charge in [0.15, 0.2) is 0 Å². The molecule has 0 radical (unpaired) electrons. The van der Waals surface area contributed by atoms with Crippen LogP contribution in [0.2, 0.25) is 0 Å². The lowest BCUT2D eigenvalue weighted by Gasteiger charge is -2.17. The number of rotatable bonds is 10. The van der Waals surface area contributed by atoms with Crippen LogP contribution in [0.5, 0.6) is 0 Å². The SMILES string of the molecule is CCCC(CC)OC(=O)CC(=O)OC(CC)CCC. The topological polar surface area (TPSA) is 52.6 Å². The summed E-state index contributed by atoms with van der Waals surface area (Å²) in [4.78, 5) is 23.2. The van der Waals surface area contributed by atoms with Crippen LogP contribution in [-0.2, 0) is 19.1 Å². The molecule has 2 atom stereocenters. The molecule has 0 saturated carbocycles. The molecule has 0 heterocycles. The first-order valence-corrected chi connectivity index (χ1v) is 7.46. The standard InChI is InChI=1S/C15H28O4/c1-5-9-12(7-3)18-14(16)11-15(17)19-13(8-4)10-6-2/h12-13H,5-11H2,1-4H3. The Labute approximate surface area is 116 Å². The Balaban J connectivity index is 4.06. The van der Waals surface area contributed by atoms with Crippen molar-refractivity contribution < 1.29 is 19.1 Å². The molecule has 4 heteroatoms. The fourth-order valence-corrected chi connectivity index (χ4v) is 1.91. The molecule has 0 saturated heterocycles. The molecule has 0 aromatic heterocycles. The largest absolute Gasteiger partial charge is 0.462 e. The zero-order chi connectivity index (χ0) is 14.7. The third kappa shape index (κ3) is 8.62. The fraction of sp³-hybridized carbons (Fsp3) is 0.867. The van der Waals surface area contributed by atoms with Crippen LogP contribution < -0.4 is 0 Å². The summed E-state index contributed by atoms with van der Waals surface area (Å²) in [5.41, 5.74) is 0. The zero-order valence-electron chi connectivity index (χ0n) is 12.7. The third-order valence-electron chi connectivity index (χ3n) is 3.02. The van der Waals surface area contributed by atoms with Crippen LogP contribution in [0.3, 0.4) is 0 Å². The van der Waals surface area contributed by atoms with Gasteiger partial charge in [0.2, 0.25) is 0 Å². The van der Waals surface area contributed by atoms with Gasteiger partial charge < -0.3 is 9.47 Å². The van der Waals surface area contributed by atoms with Gasteiger partial charge in [0.05, 0.1) is 0 Å². The van der Waals surface area contributed by atoms with Gasteiger partial charge in [-0.25, -0.2) is 0 Å². The number of esters is 2. The van der Waals surface area contributed by atoms with Crippen LogP contribution >= 0.6 is 0 Å². The summed E-state index contributed by atoms with van der Waals surface area (Å²) in [5.74, 6) is -0.951. The van der Waals surface area contributed by atoms with Gasteiger partial charge in [0, 0.05) is 0 Å². The summed E-state index contributed by atoms with van der Waals surface area (Å²) in [6, 6.07) is 0. The van der Waals surface area contributed by atoms with Crippen molar-refractivity contribution in [2.45, 2.75) is 84.8 Å². The number of hydrogen-bond donors (Lipinski definition) is 0. The van der Waals surface area contributed by atoms with Crippen molar-refractivity contribution in [2.75, 3.05) is 0 Å². The highest BCUT2D eigenvalue weighted by atomic mass is 16.6. The smallest absolute Gasteiger partial charge is 0.317 e. The molecule has 2 unspecified atom stereocenters. The van der Waals surface area contributed by atoms with Crippen LogP contribution in [0, 0.1) is 0 Å². The Bertz CT molecular complexity index is 237. The Morgan fingerprint density at radius 2 is 1.16 bits per heavy atom. The minimum Gasteiger partial charge on any atom is -0.462 e. The third-order valence-corrected chi connectivity index (χ3v) is 3.02. The van der Waals surface area contributed by atoms with Gasteiger partial charge in [0.25, 0.3) is 0 Å². The maximum atomic E-state index is 11.6. The number of carbonyl (C=O) groups is 2. The van der Waals surface area contributed by atoms with Gasteiger partial charge in [-0.15, -0.1) is 0 Å². The van der Waals surface area contributed by atoms with Crippen molar-refractivity contribution >= 4 is 11.9 Å². The molecule has 0 bridgehead atoms. The molecule has 0 fully saturated rings. The lowest BCUT2D eigenvalue weighted by Crippen LogP contribution is -2.23. The molecule has 0 aliphatic carbocycles. The van der Waals surface area contributed by atoms with Gasteiger partial charge in [-0.1, -0.05) is 40.5 Å². The predicted molar refractivity (Wildman–Crippen MR) is 74.8 cm³/mol. The lowest BCUT2D eigenvalue weighted by atomic mass is 10.1. The van der Waals surface area contributed by atoms with Crippen molar-refractivity contribution in [1.82, 2.24) is 0 Å². The van der Waals surface area contributed by atoms with Crippen molar-refractivity contribution in [1.29, 1.82) is 0 Å². The molecule has 0 amide bonds. The highest BCUT2D eigenvalue weighted by Crippen LogP contribution is 2.10. The van der Waals surface area contributed by atoms with E-state index in [0.717, 1.165) is 38.5 Å². The first-order valence-electron chi connectivity index (χ1n) is 7.46. The molecule has 0 aromatic rings. The summed E-state index contributed by atoms with van der Waals surface area (Å²) >= 11 is 0. The van der Waals surface area contributed by atoms with E-state index in [-0.39, 0.29) is 18.6 Å². The van der Waals surface area contributed by atoms with E-state index in [9.17, 15) is 9.59 Å². The highest BCUT2D eigenvalue weighted by Gasteiger charge is 2.18. The first kappa shape index (κ1) is 17.9. The molecule has 0 aliphatic rings. The van der Waals surface area contributed by atoms with E-state index in [2.05, 4.69) is 0 Å². The molecule has 0 rings (SSSR count). The van der Waals surface area contributed by atoms with E-state index in [1.807, 2.05) is 27.7 Å². The molecular formula is C15H28O4. The lowest BCUT2D eigenvalue weighted by molar-refractivity contribution is -0.160. The van der Waals surface area contributed by atoms with Gasteiger partial charge in [-0.05, 0) is 25.7 Å². The molecular weight excluding hydrogens is 244 g/mol. The summed E-state index contributed by atoms with van der Waals surface area (Å²) in [6.45, 7) is 8.03. The second kappa shape index (κ2) is 10.8. The van der Waals surface area contributed by atoms with Gasteiger partial charge in [-0.2, -0.15) is 0 Å². The number of ether oxygens (including phenoxy) is 2. The highest BCUT2D eigenvalue weighted by molar-refractivity contribution is 5.91. The minimum atomic E-state index is -0.475. The zero-order valence-corrected chi connectivity index (χ0v) is 12.7. The van der Waals surface area contributed by atoms with Crippen LogP contribution in [0.25, 0.3) is 0 Å². The molecule has 0 aliphatic heterocycles. The Morgan fingerprint density at radius 1 is 0.789 bits per heavy atom. The van der Waals surface area contributed by atoms with E-state index in [4.69, 9.17) is 9.47 Å². The number of hydrogen-bond acceptors (Lipinski definition) is 4. The van der Waals surface area contributed by atoms with E-state index in [1.165, 1.54) is 0 Å². The van der Waals surface area contributed by atoms with Crippen molar-refractivity contribution in [3.05, 3.63) is 0 Å². The average Bonchev–Trinajstić information content (AvgIpc) is 2.37. The summed E-state index contributed by atoms with van der Waals surface area (Å²) < 4.78 is 10.5. The maximum absolute atomic E-state index is 11.6. The minimum absolute atomic E-state index is 0.0806. The monoisotopic (exact) mass is 272 g/mol. The summed E-state index contributed by atoms with van der Waals surface area (Å²) in [7, 11) is 0. The van der Waals surface area contributed by atoms with Gasteiger partial charge in [-0.3, -0.25) is 9.59 Å². The molecule has 0 N–H and O–H groups in total. The van der Waals surface area contributed by atoms with E-state index in [0.29, 0.717) is 0 Å². The van der Waals surface area contributed by atoms with Crippen LogP contribution in [-0.4, -0.2) is 24.1 Å². The second-order valence-electron chi connectivity index (χ2n) is 4.79. The molecule has 0 spiro atoms. The first-order chi connectivity index (χ1) is 9.07. The fourth-order valence-electron chi connectivity index (χ4n) is 1.91. The van der Waals surface area contributed by atoms with E-state index >= 15 is 0 Å². The molecule has 0 aromatic carbocycles. The van der Waals surface area contributed by atoms with E-state index in [1.54, 1.807) is 0 Å². The Kier molecular flexibility index (Phi) is 10.2. The summed E-state index contributed by atoms with van der Waals surface area (Å²) in [5, 5.41) is 0. The van der Waals surface area contributed by atoms with E-state index < -0.39 is 11.9 Å². The van der Waals surface area contributed by atoms with Crippen molar-refractivity contribution in [3.8, 4) is 0 Å². The van der Waals surface area contributed by atoms with Gasteiger partial charge in [0.1, 0.15) is 18.6 Å². The van der Waals surface area contributed by atoms with Crippen molar-refractivity contribution in [3.63, 3.8) is 0 Å². The van der Waals surface area contributed by atoms with Gasteiger partial charge >= 0.3 is 11.9 Å². The molecule has 4 nitrogen and oxygen atoms in total. The molecule has 112 valence electrons. The Hall–Kier alpha value is -1.06. The molecule has 19 heavy (non-hydrogen) atoms. The average molecular weight is 272 g/mol. The van der Waals surface area contributed by atoms with Crippen molar-refractivity contribution in [2.24, 2.45) is 0 Å². The predicted octanol–water partition coefficient (Wildman–Crippen LogP) is 3.62. The Morgan fingerprint density at radius 3 is 1.42 bits per heavy atom. The maximum Gasteiger partial charge on any atom is 0.317 e. The number of carbonyl (C=O) groups excluding carboxylic acids is 2.